The van der Waals surface area contributed by atoms with Crippen LogP contribution in [0.2, 0.25) is 5.02 Å². The fourth-order valence-corrected chi connectivity index (χ4v) is 4.56. The van der Waals surface area contributed by atoms with E-state index < -0.39 is 5.91 Å². The molecule has 0 aliphatic carbocycles. The average Bonchev–Trinajstić information content (AvgIpc) is 3.19. The quantitative estimate of drug-likeness (QED) is 0.326. The molecule has 6 rings (SSSR count). The zero-order chi connectivity index (χ0) is 23.2. The summed E-state index contributed by atoms with van der Waals surface area (Å²) in [6.45, 7) is 0. The van der Waals surface area contributed by atoms with Crippen molar-refractivity contribution >= 4 is 61.7 Å². The van der Waals surface area contributed by atoms with Gasteiger partial charge in [-0.25, -0.2) is 9.97 Å². The zero-order valence-corrected chi connectivity index (χ0v) is 18.6. The normalized spacial score (nSPS) is 11.3. The van der Waals surface area contributed by atoms with Gasteiger partial charge in [0, 0.05) is 27.2 Å². The molecule has 0 radical (unpaired) electrons. The van der Waals surface area contributed by atoms with Gasteiger partial charge in [-0.1, -0.05) is 72.3 Å². The Morgan fingerprint density at radius 3 is 2.44 bits per heavy atom. The minimum Gasteiger partial charge on any atom is -0.383 e. The lowest BCUT2D eigenvalue weighted by molar-refractivity contribution is 0.101. The summed E-state index contributed by atoms with van der Waals surface area (Å²) in [6.07, 6.45) is 0. The Balaban J connectivity index is 1.54. The predicted octanol–water partition coefficient (Wildman–Crippen LogP) is 6.21. The molecule has 4 aromatic carbocycles. The molecular weight excluding hydrogens is 446 g/mol. The average molecular weight is 464 g/mol. The fourth-order valence-electron chi connectivity index (χ4n) is 4.37. The summed E-state index contributed by atoms with van der Waals surface area (Å²) >= 11 is 6.28. The van der Waals surface area contributed by atoms with Crippen molar-refractivity contribution < 1.29 is 4.79 Å². The van der Waals surface area contributed by atoms with Crippen LogP contribution in [0, 0.1) is 0 Å². The first-order chi connectivity index (χ1) is 16.6. The van der Waals surface area contributed by atoms with Crippen LogP contribution in [0.3, 0.4) is 0 Å². The number of nitrogens with one attached hydrogen (secondary N) is 1. The van der Waals surface area contributed by atoms with Gasteiger partial charge < -0.3 is 11.1 Å². The molecule has 6 aromatic rings. The lowest BCUT2D eigenvalue weighted by Crippen LogP contribution is -2.17. The van der Waals surface area contributed by atoms with Gasteiger partial charge in [-0.15, -0.1) is 0 Å². The standard InChI is InChI=1S/C27H18ClN5O/c28-17-9-6-10-18(15-17)33-22-14-4-3-12-20(22)23-24(29)31-25(32-26(23)33)27(34)30-21-13-5-8-16-7-1-2-11-19(16)21/h1-15H,(H,30,34)(H2,29,31,32). The minimum absolute atomic E-state index is 0.0102. The summed E-state index contributed by atoms with van der Waals surface area (Å²) in [5, 5.41) is 7.09. The number of nitrogen functional groups attached to an aromatic ring is 1. The van der Waals surface area contributed by atoms with Crippen LogP contribution in [0.15, 0.2) is 91.0 Å². The van der Waals surface area contributed by atoms with Gasteiger partial charge in [0.25, 0.3) is 5.91 Å². The molecule has 0 bridgehead atoms. The van der Waals surface area contributed by atoms with Gasteiger partial charge >= 0.3 is 0 Å². The van der Waals surface area contributed by atoms with Crippen LogP contribution in [0.5, 0.6) is 0 Å². The molecule has 7 heteroatoms. The van der Waals surface area contributed by atoms with Crippen LogP contribution >= 0.6 is 11.6 Å². The Labute approximate surface area is 199 Å². The molecule has 0 unspecified atom stereocenters. The number of para-hydroxylation sites is 1. The van der Waals surface area contributed by atoms with Crippen LogP contribution < -0.4 is 11.1 Å². The lowest BCUT2D eigenvalue weighted by atomic mass is 10.1. The third kappa shape index (κ3) is 3.24. The van der Waals surface area contributed by atoms with E-state index in [0.717, 1.165) is 27.4 Å². The number of amides is 1. The Hall–Kier alpha value is -4.42. The van der Waals surface area contributed by atoms with E-state index in [4.69, 9.17) is 17.3 Å². The van der Waals surface area contributed by atoms with Crippen molar-refractivity contribution in [2.24, 2.45) is 0 Å². The van der Waals surface area contributed by atoms with E-state index in [9.17, 15) is 4.79 Å². The zero-order valence-electron chi connectivity index (χ0n) is 17.9. The van der Waals surface area contributed by atoms with Crippen LogP contribution in [-0.4, -0.2) is 20.4 Å². The second-order valence-corrected chi connectivity index (χ2v) is 8.38. The van der Waals surface area contributed by atoms with E-state index in [2.05, 4.69) is 15.3 Å². The predicted molar refractivity (Wildman–Crippen MR) is 138 cm³/mol. The van der Waals surface area contributed by atoms with Crippen molar-refractivity contribution in [3.63, 3.8) is 0 Å². The van der Waals surface area contributed by atoms with Crippen LogP contribution in [0.4, 0.5) is 11.5 Å². The van der Waals surface area contributed by atoms with Gasteiger partial charge in [0.05, 0.1) is 10.9 Å². The first-order valence-electron chi connectivity index (χ1n) is 10.7. The molecule has 0 aliphatic rings. The summed E-state index contributed by atoms with van der Waals surface area (Å²) in [4.78, 5) is 22.3. The molecule has 164 valence electrons. The van der Waals surface area contributed by atoms with E-state index in [1.165, 1.54) is 0 Å². The highest BCUT2D eigenvalue weighted by atomic mass is 35.5. The summed E-state index contributed by atoms with van der Waals surface area (Å²) in [5.74, 6) is -0.207. The number of carbonyl (C=O) groups excluding carboxylic acids is 1. The molecular formula is C27H18ClN5O. The van der Waals surface area contributed by atoms with Crippen molar-refractivity contribution in [1.82, 2.24) is 14.5 Å². The monoisotopic (exact) mass is 463 g/mol. The molecule has 0 spiro atoms. The van der Waals surface area contributed by atoms with Gasteiger partial charge in [0.15, 0.2) is 5.65 Å². The number of aromatic nitrogens is 3. The summed E-state index contributed by atoms with van der Waals surface area (Å²) in [6, 6.07) is 28.9. The highest BCUT2D eigenvalue weighted by molar-refractivity contribution is 6.30. The third-order valence-electron chi connectivity index (χ3n) is 5.85. The number of halogens is 1. The second kappa shape index (κ2) is 7.86. The number of hydrogen-bond donors (Lipinski definition) is 2. The first kappa shape index (κ1) is 20.2. The Morgan fingerprint density at radius 2 is 1.59 bits per heavy atom. The Bertz CT molecular complexity index is 1740. The number of nitrogens with two attached hydrogens (primary N) is 1. The maximum absolute atomic E-state index is 13.2. The number of anilines is 2. The Kier molecular flexibility index (Phi) is 4.67. The molecule has 1 amide bonds. The molecule has 3 N–H and O–H groups in total. The van der Waals surface area contributed by atoms with E-state index in [1.807, 2.05) is 95.6 Å². The molecule has 34 heavy (non-hydrogen) atoms. The van der Waals surface area contributed by atoms with Crippen molar-refractivity contribution in [1.29, 1.82) is 0 Å². The van der Waals surface area contributed by atoms with Gasteiger partial charge in [-0.05, 0) is 35.7 Å². The van der Waals surface area contributed by atoms with Gasteiger partial charge in [0.1, 0.15) is 5.82 Å². The molecule has 0 saturated heterocycles. The van der Waals surface area contributed by atoms with Gasteiger partial charge in [-0.3, -0.25) is 9.36 Å². The molecule has 0 fully saturated rings. The number of nitrogens with zero attached hydrogens (tertiary/aromatic N) is 3. The SMILES string of the molecule is Nc1nc(C(=O)Nc2cccc3ccccc23)nc2c1c1ccccc1n2-c1cccc(Cl)c1. The number of carbonyl (C=O) groups is 1. The highest BCUT2D eigenvalue weighted by Crippen LogP contribution is 2.34. The van der Waals surface area contributed by atoms with Gasteiger partial charge in [-0.2, -0.15) is 0 Å². The minimum atomic E-state index is -0.437. The summed E-state index contributed by atoms with van der Waals surface area (Å²) < 4.78 is 1.95. The van der Waals surface area contributed by atoms with E-state index in [0.29, 0.717) is 21.7 Å². The van der Waals surface area contributed by atoms with Crippen LogP contribution in [0.25, 0.3) is 38.4 Å². The summed E-state index contributed by atoms with van der Waals surface area (Å²) in [7, 11) is 0. The molecule has 6 nitrogen and oxygen atoms in total. The summed E-state index contributed by atoms with van der Waals surface area (Å²) in [5.41, 5.74) is 9.33. The second-order valence-electron chi connectivity index (χ2n) is 7.94. The molecule has 2 heterocycles. The Morgan fingerprint density at radius 1 is 0.853 bits per heavy atom. The number of hydrogen-bond acceptors (Lipinski definition) is 4. The lowest BCUT2D eigenvalue weighted by Gasteiger charge is -2.10. The van der Waals surface area contributed by atoms with Crippen molar-refractivity contribution in [3.8, 4) is 5.69 Å². The molecule has 0 aliphatic heterocycles. The van der Waals surface area contributed by atoms with Crippen LogP contribution in [0.1, 0.15) is 10.6 Å². The molecule has 0 saturated carbocycles. The van der Waals surface area contributed by atoms with Crippen molar-refractivity contribution in [2.45, 2.75) is 0 Å². The van der Waals surface area contributed by atoms with Crippen LogP contribution in [-0.2, 0) is 0 Å². The van der Waals surface area contributed by atoms with E-state index in [-0.39, 0.29) is 11.6 Å². The number of fused-ring (bicyclic) bond motifs is 4. The maximum Gasteiger partial charge on any atom is 0.293 e. The van der Waals surface area contributed by atoms with Crippen molar-refractivity contribution in [3.05, 3.63) is 102 Å². The number of rotatable bonds is 3. The van der Waals surface area contributed by atoms with Crippen molar-refractivity contribution in [2.75, 3.05) is 11.1 Å². The number of benzene rings is 4. The smallest absolute Gasteiger partial charge is 0.293 e. The third-order valence-corrected chi connectivity index (χ3v) is 6.09. The largest absolute Gasteiger partial charge is 0.383 e. The fraction of sp³-hybridized carbons (Fsp3) is 0. The van der Waals surface area contributed by atoms with Gasteiger partial charge in [0.2, 0.25) is 5.82 Å². The molecule has 2 aromatic heterocycles. The topological polar surface area (TPSA) is 85.8 Å². The highest BCUT2D eigenvalue weighted by Gasteiger charge is 2.21. The van der Waals surface area contributed by atoms with E-state index in [1.54, 1.807) is 0 Å². The maximum atomic E-state index is 13.2. The van der Waals surface area contributed by atoms with E-state index >= 15 is 0 Å². The molecule has 0 atom stereocenters. The first-order valence-corrected chi connectivity index (χ1v) is 11.1.